The number of carbonyl (C=O) groups is 1. The Morgan fingerprint density at radius 3 is 2.79 bits per heavy atom. The Balaban J connectivity index is 1.56. The van der Waals surface area contributed by atoms with Crippen molar-refractivity contribution in [1.29, 1.82) is 0 Å². The third kappa shape index (κ3) is 4.01. The maximum absolute atomic E-state index is 13.0. The predicted molar refractivity (Wildman–Crippen MR) is 92.5 cm³/mol. The lowest BCUT2D eigenvalue weighted by Gasteiger charge is -2.29. The van der Waals surface area contributed by atoms with Crippen molar-refractivity contribution in [2.75, 3.05) is 26.7 Å². The number of β-amino-alcohol motifs (C(OH)–C–C–N with tert-alkyl or cyclic N) is 1. The van der Waals surface area contributed by atoms with Gasteiger partial charge in [0.05, 0.1) is 17.7 Å². The van der Waals surface area contributed by atoms with Crippen LogP contribution in [-0.2, 0) is 6.54 Å². The molecule has 1 aliphatic rings. The summed E-state index contributed by atoms with van der Waals surface area (Å²) in [4.78, 5) is 16.1. The van der Waals surface area contributed by atoms with Crippen LogP contribution >= 0.6 is 11.3 Å². The highest BCUT2D eigenvalue weighted by Crippen LogP contribution is 2.25. The molecule has 1 unspecified atom stereocenters. The van der Waals surface area contributed by atoms with Crippen molar-refractivity contribution in [2.45, 2.75) is 18.6 Å². The fraction of sp³-hybridized carbons (Fsp3) is 0.389. The van der Waals surface area contributed by atoms with Crippen LogP contribution in [0.4, 0.5) is 4.39 Å². The highest BCUT2D eigenvalue weighted by Gasteiger charge is 2.39. The molecule has 1 saturated heterocycles. The molecule has 1 N–H and O–H groups in total. The third-order valence-corrected chi connectivity index (χ3v) is 5.00. The van der Waals surface area contributed by atoms with E-state index in [-0.39, 0.29) is 11.7 Å². The Kier molecular flexibility index (Phi) is 4.99. The van der Waals surface area contributed by atoms with E-state index in [0.29, 0.717) is 38.2 Å². The van der Waals surface area contributed by atoms with Gasteiger partial charge in [-0.2, -0.15) is 11.3 Å². The van der Waals surface area contributed by atoms with Crippen LogP contribution in [-0.4, -0.2) is 53.1 Å². The fourth-order valence-corrected chi connectivity index (χ4v) is 3.82. The summed E-state index contributed by atoms with van der Waals surface area (Å²) in [7, 11) is 1.92. The lowest BCUT2D eigenvalue weighted by Crippen LogP contribution is -2.44. The van der Waals surface area contributed by atoms with Gasteiger partial charge in [0.1, 0.15) is 5.82 Å². The summed E-state index contributed by atoms with van der Waals surface area (Å²) in [6, 6.07) is 8.18. The van der Waals surface area contributed by atoms with Crippen LogP contribution in [0.2, 0.25) is 0 Å². The molecule has 0 spiro atoms. The molecule has 2 heterocycles. The molecule has 1 aromatic heterocycles. The van der Waals surface area contributed by atoms with Gasteiger partial charge in [-0.05, 0) is 42.6 Å². The monoisotopic (exact) mass is 348 g/mol. The number of benzene rings is 1. The lowest BCUT2D eigenvalue weighted by atomic mass is 10.0. The Hall–Kier alpha value is -1.76. The maximum Gasteiger partial charge on any atom is 0.254 e. The summed E-state index contributed by atoms with van der Waals surface area (Å²) < 4.78 is 13.0. The Bertz CT molecular complexity index is 690. The second kappa shape index (κ2) is 7.01. The molecule has 2 aromatic rings. The first-order chi connectivity index (χ1) is 11.5. The first-order valence-corrected chi connectivity index (χ1v) is 8.86. The van der Waals surface area contributed by atoms with Gasteiger partial charge >= 0.3 is 0 Å². The molecule has 1 aliphatic heterocycles. The van der Waals surface area contributed by atoms with Gasteiger partial charge in [-0.15, -0.1) is 0 Å². The van der Waals surface area contributed by atoms with Crippen LogP contribution in [0, 0.1) is 5.82 Å². The average Bonchev–Trinajstić information content (AvgIpc) is 3.19. The van der Waals surface area contributed by atoms with E-state index in [4.69, 9.17) is 0 Å². The normalized spacial score (nSPS) is 20.8. The number of likely N-dealkylation sites (N-methyl/N-ethyl adjacent to an activating group) is 1. The SMILES string of the molecule is CN(Cc1ccc(F)cc1)CC1(O)CCN(C(=O)c2ccsc2)C1. The highest BCUT2D eigenvalue weighted by atomic mass is 32.1. The summed E-state index contributed by atoms with van der Waals surface area (Å²) in [6.45, 7) is 2.00. The minimum Gasteiger partial charge on any atom is -0.387 e. The number of nitrogens with zero attached hydrogens (tertiary/aromatic N) is 2. The van der Waals surface area contributed by atoms with Gasteiger partial charge in [-0.25, -0.2) is 4.39 Å². The zero-order valence-electron chi connectivity index (χ0n) is 13.6. The highest BCUT2D eigenvalue weighted by molar-refractivity contribution is 7.08. The van der Waals surface area contributed by atoms with Crippen LogP contribution in [0.15, 0.2) is 41.1 Å². The third-order valence-electron chi connectivity index (χ3n) is 4.32. The van der Waals surface area contributed by atoms with Crippen LogP contribution < -0.4 is 0 Å². The van der Waals surface area contributed by atoms with Crippen molar-refractivity contribution in [2.24, 2.45) is 0 Å². The molecular formula is C18H21FN2O2S. The van der Waals surface area contributed by atoms with E-state index < -0.39 is 5.60 Å². The van der Waals surface area contributed by atoms with Crippen molar-refractivity contribution < 1.29 is 14.3 Å². The maximum atomic E-state index is 13.0. The van der Waals surface area contributed by atoms with Crippen molar-refractivity contribution in [3.63, 3.8) is 0 Å². The first-order valence-electron chi connectivity index (χ1n) is 7.92. The molecule has 1 aromatic carbocycles. The first kappa shape index (κ1) is 17.1. The van der Waals surface area contributed by atoms with Gasteiger partial charge < -0.3 is 10.0 Å². The molecule has 0 aliphatic carbocycles. The Morgan fingerprint density at radius 1 is 1.38 bits per heavy atom. The Labute approximate surface area is 145 Å². The molecule has 4 nitrogen and oxygen atoms in total. The van der Waals surface area contributed by atoms with Crippen molar-refractivity contribution >= 4 is 17.2 Å². The molecule has 6 heteroatoms. The summed E-state index contributed by atoms with van der Waals surface area (Å²) in [5.41, 5.74) is 0.774. The topological polar surface area (TPSA) is 43.8 Å². The molecule has 24 heavy (non-hydrogen) atoms. The Morgan fingerprint density at radius 2 is 2.12 bits per heavy atom. The minimum atomic E-state index is -0.902. The molecular weight excluding hydrogens is 327 g/mol. The van der Waals surface area contributed by atoms with E-state index in [0.717, 1.165) is 5.56 Å². The fourth-order valence-electron chi connectivity index (χ4n) is 3.19. The second-order valence-electron chi connectivity index (χ2n) is 6.51. The van der Waals surface area contributed by atoms with Crippen molar-refractivity contribution in [3.8, 4) is 0 Å². The number of thiophene rings is 1. The number of hydrogen-bond donors (Lipinski definition) is 1. The number of amides is 1. The van der Waals surface area contributed by atoms with E-state index in [1.54, 1.807) is 17.0 Å². The molecule has 0 radical (unpaired) electrons. The van der Waals surface area contributed by atoms with E-state index in [9.17, 15) is 14.3 Å². The summed E-state index contributed by atoms with van der Waals surface area (Å²) in [5, 5.41) is 14.5. The largest absolute Gasteiger partial charge is 0.387 e. The van der Waals surface area contributed by atoms with E-state index in [1.807, 2.05) is 28.8 Å². The summed E-state index contributed by atoms with van der Waals surface area (Å²) in [5.74, 6) is -0.272. The van der Waals surface area contributed by atoms with Gasteiger partial charge in [-0.3, -0.25) is 9.69 Å². The van der Waals surface area contributed by atoms with Gasteiger partial charge in [0.15, 0.2) is 0 Å². The molecule has 1 amide bonds. The van der Waals surface area contributed by atoms with Crippen LogP contribution in [0.25, 0.3) is 0 Å². The molecule has 1 atom stereocenters. The van der Waals surface area contributed by atoms with E-state index in [2.05, 4.69) is 0 Å². The molecule has 3 rings (SSSR count). The number of rotatable bonds is 5. The smallest absolute Gasteiger partial charge is 0.254 e. The second-order valence-corrected chi connectivity index (χ2v) is 7.29. The molecule has 0 saturated carbocycles. The van der Waals surface area contributed by atoms with Crippen LogP contribution in [0.5, 0.6) is 0 Å². The van der Waals surface area contributed by atoms with Gasteiger partial charge in [0.25, 0.3) is 5.91 Å². The summed E-state index contributed by atoms with van der Waals surface area (Å²) in [6.07, 6.45) is 0.566. The molecule has 128 valence electrons. The average molecular weight is 348 g/mol. The lowest BCUT2D eigenvalue weighted by molar-refractivity contribution is 0.0164. The quantitative estimate of drug-likeness (QED) is 0.903. The number of halogens is 1. The van der Waals surface area contributed by atoms with E-state index >= 15 is 0 Å². The van der Waals surface area contributed by atoms with E-state index in [1.165, 1.54) is 23.5 Å². The van der Waals surface area contributed by atoms with Crippen molar-refractivity contribution in [3.05, 3.63) is 58.0 Å². The number of hydrogen-bond acceptors (Lipinski definition) is 4. The van der Waals surface area contributed by atoms with Crippen LogP contribution in [0.3, 0.4) is 0 Å². The van der Waals surface area contributed by atoms with Gasteiger partial charge in [0.2, 0.25) is 0 Å². The zero-order chi connectivity index (χ0) is 17.2. The standard InChI is InChI=1S/C18H21FN2O2S/c1-20(10-14-2-4-16(19)5-3-14)12-18(23)7-8-21(13-18)17(22)15-6-9-24-11-15/h2-6,9,11,23H,7-8,10,12-13H2,1H3. The van der Waals surface area contributed by atoms with Crippen molar-refractivity contribution in [1.82, 2.24) is 9.80 Å². The number of likely N-dealkylation sites (tertiary alicyclic amines) is 1. The van der Waals surface area contributed by atoms with Gasteiger partial charge in [0, 0.05) is 25.0 Å². The number of carbonyl (C=O) groups excluding carboxylic acids is 1. The zero-order valence-corrected chi connectivity index (χ0v) is 14.4. The number of aliphatic hydroxyl groups is 1. The van der Waals surface area contributed by atoms with Gasteiger partial charge in [-0.1, -0.05) is 12.1 Å². The minimum absolute atomic E-state index is 0.0200. The summed E-state index contributed by atoms with van der Waals surface area (Å²) >= 11 is 1.49. The molecule has 1 fully saturated rings. The predicted octanol–water partition coefficient (Wildman–Crippen LogP) is 2.60. The van der Waals surface area contributed by atoms with Crippen LogP contribution in [0.1, 0.15) is 22.3 Å². The molecule has 0 bridgehead atoms.